The molecule has 0 amide bonds. The fourth-order valence-corrected chi connectivity index (χ4v) is 7.86. The number of nitrogens with one attached hydrogen (secondary N) is 3. The lowest BCUT2D eigenvalue weighted by Crippen LogP contribution is -2.47. The van der Waals surface area contributed by atoms with Gasteiger partial charge in [-0.2, -0.15) is 0 Å². The van der Waals surface area contributed by atoms with Gasteiger partial charge in [0.05, 0.1) is 17.7 Å². The first kappa shape index (κ1) is 16.8. The van der Waals surface area contributed by atoms with Crippen molar-refractivity contribution in [2.45, 2.75) is 55.2 Å². The van der Waals surface area contributed by atoms with E-state index >= 15 is 0 Å². The molecule has 3 aliphatic heterocycles. The number of hydrogen-bond donors (Lipinski definition) is 3. The predicted molar refractivity (Wildman–Crippen MR) is 99.5 cm³/mol. The molecule has 4 aliphatic rings. The molecule has 0 aromatic heterocycles. The van der Waals surface area contributed by atoms with Gasteiger partial charge in [0.2, 0.25) is 0 Å². The van der Waals surface area contributed by atoms with Crippen LogP contribution in [0.5, 0.6) is 0 Å². The monoisotopic (exact) mass is 382 g/mol. The average molecular weight is 383 g/mol. The van der Waals surface area contributed by atoms with Crippen LogP contribution < -0.4 is 16.2 Å². The Morgan fingerprint density at radius 1 is 1.28 bits per heavy atom. The summed E-state index contributed by atoms with van der Waals surface area (Å²) >= 11 is 8.58. The van der Waals surface area contributed by atoms with Crippen LogP contribution in [0.1, 0.15) is 37.8 Å². The van der Waals surface area contributed by atoms with Gasteiger partial charge in [0, 0.05) is 34.3 Å². The third kappa shape index (κ3) is 2.57. The molecule has 1 saturated carbocycles. The van der Waals surface area contributed by atoms with Crippen LogP contribution in [-0.2, 0) is 0 Å². The molecule has 0 radical (unpaired) electrons. The molecule has 1 aromatic carbocycles. The first-order valence-corrected chi connectivity index (χ1v) is 10.6. The molecule has 1 aromatic rings. The Morgan fingerprint density at radius 2 is 2.16 bits per heavy atom. The van der Waals surface area contributed by atoms with E-state index in [4.69, 9.17) is 11.6 Å². The van der Waals surface area contributed by atoms with Crippen molar-refractivity contribution in [3.63, 3.8) is 0 Å². The van der Waals surface area contributed by atoms with E-state index in [2.05, 4.69) is 39.8 Å². The highest BCUT2D eigenvalue weighted by Crippen LogP contribution is 2.57. The third-order valence-electron chi connectivity index (χ3n) is 6.43. The van der Waals surface area contributed by atoms with Gasteiger partial charge in [-0.25, -0.2) is 15.2 Å². The summed E-state index contributed by atoms with van der Waals surface area (Å²) in [5.74, 6) is 0.826. The smallest absolute Gasteiger partial charge is 0.129 e. The normalized spacial score (nSPS) is 43.6. The van der Waals surface area contributed by atoms with Crippen molar-refractivity contribution in [1.29, 1.82) is 0 Å². The van der Waals surface area contributed by atoms with Gasteiger partial charge in [-0.1, -0.05) is 24.1 Å². The van der Waals surface area contributed by atoms with Crippen molar-refractivity contribution in [2.75, 3.05) is 6.54 Å². The highest BCUT2D eigenvalue weighted by Gasteiger charge is 2.56. The van der Waals surface area contributed by atoms with E-state index in [0.29, 0.717) is 33.0 Å². The van der Waals surface area contributed by atoms with E-state index in [-0.39, 0.29) is 24.2 Å². The second-order valence-corrected chi connectivity index (χ2v) is 9.45. The molecule has 5 rings (SSSR count). The van der Waals surface area contributed by atoms with Crippen molar-refractivity contribution in [3.05, 3.63) is 34.6 Å². The Hall–Kier alpha value is -0.370. The van der Waals surface area contributed by atoms with Gasteiger partial charge in [0.25, 0.3) is 0 Å². The zero-order chi connectivity index (χ0) is 17.1. The molecule has 7 heteroatoms. The number of hydrazine groups is 1. The van der Waals surface area contributed by atoms with Gasteiger partial charge >= 0.3 is 0 Å². The average Bonchev–Trinajstić information content (AvgIpc) is 3.22. The fraction of sp³-hybridized carbons (Fsp3) is 0.667. The van der Waals surface area contributed by atoms with Crippen molar-refractivity contribution in [1.82, 2.24) is 21.1 Å². The summed E-state index contributed by atoms with van der Waals surface area (Å²) < 4.78 is 14.8. The minimum atomic E-state index is -0.184. The van der Waals surface area contributed by atoms with Crippen LogP contribution in [0.25, 0.3) is 0 Å². The van der Waals surface area contributed by atoms with Crippen molar-refractivity contribution in [2.24, 2.45) is 11.8 Å². The molecule has 3 N–H and O–H groups in total. The maximum Gasteiger partial charge on any atom is 0.129 e. The van der Waals surface area contributed by atoms with Crippen LogP contribution in [0.4, 0.5) is 4.39 Å². The van der Waals surface area contributed by atoms with Gasteiger partial charge in [-0.05, 0) is 37.8 Å². The first-order valence-electron chi connectivity index (χ1n) is 9.26. The van der Waals surface area contributed by atoms with Crippen LogP contribution in [0.2, 0.25) is 5.02 Å². The molecule has 3 heterocycles. The van der Waals surface area contributed by atoms with E-state index in [1.807, 2.05) is 6.07 Å². The van der Waals surface area contributed by atoms with E-state index < -0.39 is 0 Å². The van der Waals surface area contributed by atoms with Crippen LogP contribution in [0, 0.1) is 17.7 Å². The molecule has 7 unspecified atom stereocenters. The molecular weight excluding hydrogens is 359 g/mol. The molecular formula is C18H24ClFN4S. The maximum absolute atomic E-state index is 14.8. The summed E-state index contributed by atoms with van der Waals surface area (Å²) in [6.45, 7) is 2.98. The zero-order valence-corrected chi connectivity index (χ0v) is 15.8. The van der Waals surface area contributed by atoms with Gasteiger partial charge in [0.1, 0.15) is 5.82 Å². The lowest BCUT2D eigenvalue weighted by Gasteiger charge is -2.36. The molecule has 25 heavy (non-hydrogen) atoms. The van der Waals surface area contributed by atoms with Gasteiger partial charge in [-0.15, -0.1) is 11.8 Å². The topological polar surface area (TPSA) is 39.3 Å². The maximum atomic E-state index is 14.8. The van der Waals surface area contributed by atoms with Crippen LogP contribution in [-0.4, -0.2) is 34.4 Å². The van der Waals surface area contributed by atoms with Crippen LogP contribution in [0.15, 0.2) is 18.2 Å². The number of hydrogen-bond acceptors (Lipinski definition) is 5. The molecule has 1 aliphatic carbocycles. The molecule has 3 saturated heterocycles. The van der Waals surface area contributed by atoms with E-state index in [1.165, 1.54) is 19.3 Å². The van der Waals surface area contributed by atoms with Crippen molar-refractivity contribution < 1.29 is 4.39 Å². The minimum absolute atomic E-state index is 0.0288. The predicted octanol–water partition coefficient (Wildman–Crippen LogP) is 3.06. The molecule has 0 bridgehead atoms. The first-order chi connectivity index (χ1) is 12.1. The Kier molecular flexibility index (Phi) is 4.27. The molecule has 0 spiro atoms. The molecule has 4 nitrogen and oxygen atoms in total. The number of fused-ring (bicyclic) bond motifs is 5. The SMILES string of the molecule is CC1NNC2CNC(c3c(F)cccc3Cl)C3C4CCCC4SC3N12. The largest absolute Gasteiger partial charge is 0.306 e. The van der Waals surface area contributed by atoms with E-state index in [0.717, 1.165) is 6.54 Å². The summed E-state index contributed by atoms with van der Waals surface area (Å²) in [6.07, 6.45) is 4.33. The van der Waals surface area contributed by atoms with Gasteiger partial charge in [0.15, 0.2) is 0 Å². The quantitative estimate of drug-likeness (QED) is 0.696. The number of thioether (sulfide) groups is 1. The summed E-state index contributed by atoms with van der Waals surface area (Å²) in [4.78, 5) is 2.55. The Balaban J connectivity index is 1.59. The Labute approximate surface area is 157 Å². The number of halogens is 2. The zero-order valence-electron chi connectivity index (χ0n) is 14.2. The van der Waals surface area contributed by atoms with Crippen molar-refractivity contribution in [3.8, 4) is 0 Å². The van der Waals surface area contributed by atoms with Gasteiger partial charge < -0.3 is 5.32 Å². The fourth-order valence-electron chi connectivity index (χ4n) is 5.39. The van der Waals surface area contributed by atoms with Crippen LogP contribution in [0.3, 0.4) is 0 Å². The van der Waals surface area contributed by atoms with Crippen LogP contribution >= 0.6 is 23.4 Å². The number of benzene rings is 1. The number of rotatable bonds is 1. The highest BCUT2D eigenvalue weighted by atomic mass is 35.5. The third-order valence-corrected chi connectivity index (χ3v) is 8.53. The highest BCUT2D eigenvalue weighted by molar-refractivity contribution is 8.00. The summed E-state index contributed by atoms with van der Waals surface area (Å²) in [6, 6.07) is 5.03. The van der Waals surface area contributed by atoms with E-state index in [1.54, 1.807) is 12.1 Å². The molecule has 7 atom stereocenters. The minimum Gasteiger partial charge on any atom is -0.306 e. The standard InChI is InChI=1S/C18H24ClFN4S/c1-9-22-23-14-8-21-17(16-11(19)5-3-6-12(16)20)15-10-4-2-7-13(10)25-18(15)24(9)14/h3,5-6,9-10,13-15,17-18,21-23H,2,4,7-8H2,1H3. The Bertz CT molecular complexity index is 656. The summed E-state index contributed by atoms with van der Waals surface area (Å²) in [5, 5.41) is 5.29. The second kappa shape index (κ2) is 6.36. The molecule has 4 fully saturated rings. The lowest BCUT2D eigenvalue weighted by molar-refractivity contribution is 0.138. The van der Waals surface area contributed by atoms with Crippen molar-refractivity contribution >= 4 is 23.4 Å². The van der Waals surface area contributed by atoms with Gasteiger partial charge in [-0.3, -0.25) is 4.90 Å². The summed E-state index contributed by atoms with van der Waals surface area (Å²) in [5.41, 5.74) is 7.43. The summed E-state index contributed by atoms with van der Waals surface area (Å²) in [7, 11) is 0. The Morgan fingerprint density at radius 3 is 3.00 bits per heavy atom. The lowest BCUT2D eigenvalue weighted by atomic mass is 9.81. The molecule has 136 valence electrons. The second-order valence-electron chi connectivity index (χ2n) is 7.69. The number of nitrogens with zero attached hydrogens (tertiary/aromatic N) is 1. The van der Waals surface area contributed by atoms with E-state index in [9.17, 15) is 4.39 Å².